The van der Waals surface area contributed by atoms with E-state index in [0.717, 1.165) is 5.56 Å². The zero-order valence-corrected chi connectivity index (χ0v) is 16.2. The van der Waals surface area contributed by atoms with Gasteiger partial charge in [0.1, 0.15) is 5.75 Å². The molecular formula is C16H25IN4O2. The predicted molar refractivity (Wildman–Crippen MR) is 102 cm³/mol. The molecule has 1 saturated carbocycles. The van der Waals surface area contributed by atoms with Gasteiger partial charge in [-0.15, -0.1) is 24.0 Å². The molecule has 0 saturated heterocycles. The van der Waals surface area contributed by atoms with E-state index in [0.29, 0.717) is 24.3 Å². The summed E-state index contributed by atoms with van der Waals surface area (Å²) in [5.41, 5.74) is 6.97. The van der Waals surface area contributed by atoms with Gasteiger partial charge >= 0.3 is 0 Å². The van der Waals surface area contributed by atoms with Crippen LogP contribution in [0.5, 0.6) is 5.75 Å². The van der Waals surface area contributed by atoms with Crippen LogP contribution in [0.15, 0.2) is 29.3 Å². The molecule has 1 aromatic rings. The number of nitrogens with two attached hydrogens (primary N) is 1. The number of benzene rings is 1. The first-order chi connectivity index (χ1) is 10.5. The van der Waals surface area contributed by atoms with Crippen LogP contribution in [0.3, 0.4) is 0 Å². The number of guanidine groups is 1. The Labute approximate surface area is 154 Å². The number of likely N-dealkylation sites (N-methyl/N-ethyl adjacent to an activating group) is 1. The summed E-state index contributed by atoms with van der Waals surface area (Å²) in [5, 5.41) is 0. The third-order valence-electron chi connectivity index (χ3n) is 3.64. The van der Waals surface area contributed by atoms with Gasteiger partial charge in [-0.3, -0.25) is 4.79 Å². The average Bonchev–Trinajstić information content (AvgIpc) is 3.34. The minimum Gasteiger partial charge on any atom is -0.484 e. The topological polar surface area (TPSA) is 71.2 Å². The molecule has 2 N–H and O–H groups in total. The molecule has 0 aromatic heterocycles. The first-order valence-electron chi connectivity index (χ1n) is 7.42. The monoisotopic (exact) mass is 432 g/mol. The number of nitrogens with zero attached hydrogens (tertiary/aromatic N) is 3. The standard InChI is InChI=1S/C16H24N4O2.HI/c1-19(2)15(21)11-22-14-6-4-5-12(9-14)10-18-16(17)20(3)13-7-8-13;/h4-6,9,13H,7-8,10-11H2,1-3H3,(H2,17,18);1H. The Morgan fingerprint density at radius 3 is 2.65 bits per heavy atom. The van der Waals surface area contributed by atoms with Crippen LogP contribution in [0.4, 0.5) is 0 Å². The summed E-state index contributed by atoms with van der Waals surface area (Å²) in [6.45, 7) is 0.536. The van der Waals surface area contributed by atoms with Gasteiger partial charge in [-0.05, 0) is 30.5 Å². The molecule has 23 heavy (non-hydrogen) atoms. The lowest BCUT2D eigenvalue weighted by Gasteiger charge is -2.17. The maximum atomic E-state index is 11.5. The molecule has 7 heteroatoms. The summed E-state index contributed by atoms with van der Waals surface area (Å²) < 4.78 is 5.49. The molecule has 1 amide bonds. The Morgan fingerprint density at radius 2 is 2.04 bits per heavy atom. The summed E-state index contributed by atoms with van der Waals surface area (Å²) in [6, 6.07) is 8.12. The highest BCUT2D eigenvalue weighted by Crippen LogP contribution is 2.25. The number of hydrogen-bond donors (Lipinski definition) is 1. The van der Waals surface area contributed by atoms with Crippen molar-refractivity contribution in [3.05, 3.63) is 29.8 Å². The number of aliphatic imine (C=N–C) groups is 1. The van der Waals surface area contributed by atoms with Crippen LogP contribution < -0.4 is 10.5 Å². The molecule has 1 aliphatic carbocycles. The molecule has 1 aromatic carbocycles. The van der Waals surface area contributed by atoms with Crippen LogP contribution in [-0.2, 0) is 11.3 Å². The van der Waals surface area contributed by atoms with Crippen molar-refractivity contribution in [1.82, 2.24) is 9.80 Å². The van der Waals surface area contributed by atoms with Crippen molar-refractivity contribution < 1.29 is 9.53 Å². The number of rotatable bonds is 6. The van der Waals surface area contributed by atoms with Crippen LogP contribution in [-0.4, -0.2) is 55.5 Å². The van der Waals surface area contributed by atoms with Crippen molar-refractivity contribution in [3.8, 4) is 5.75 Å². The maximum Gasteiger partial charge on any atom is 0.259 e. The normalized spacial score (nSPS) is 14.0. The molecule has 0 radical (unpaired) electrons. The molecule has 0 bridgehead atoms. The third-order valence-corrected chi connectivity index (χ3v) is 3.64. The number of carbonyl (C=O) groups excluding carboxylic acids is 1. The van der Waals surface area contributed by atoms with Crippen LogP contribution in [0.1, 0.15) is 18.4 Å². The SMILES string of the molecule is CN(C)C(=O)COc1cccc(CN=C(N)N(C)C2CC2)c1.I. The van der Waals surface area contributed by atoms with E-state index in [-0.39, 0.29) is 36.5 Å². The summed E-state index contributed by atoms with van der Waals surface area (Å²) >= 11 is 0. The average molecular weight is 432 g/mol. The third kappa shape index (κ3) is 6.25. The largest absolute Gasteiger partial charge is 0.484 e. The van der Waals surface area contributed by atoms with Gasteiger partial charge in [-0.2, -0.15) is 0 Å². The number of ether oxygens (including phenoxy) is 1. The van der Waals surface area contributed by atoms with E-state index in [4.69, 9.17) is 10.5 Å². The second-order valence-corrected chi connectivity index (χ2v) is 5.74. The lowest BCUT2D eigenvalue weighted by atomic mass is 10.2. The van der Waals surface area contributed by atoms with Gasteiger partial charge in [0, 0.05) is 27.2 Å². The molecule has 0 spiro atoms. The Hall–Kier alpha value is -1.51. The quantitative estimate of drug-likeness (QED) is 0.422. The fourth-order valence-corrected chi connectivity index (χ4v) is 1.94. The molecule has 0 aliphatic heterocycles. The molecule has 0 unspecified atom stereocenters. The Kier molecular flexibility index (Phi) is 7.60. The fourth-order valence-electron chi connectivity index (χ4n) is 1.94. The first kappa shape index (κ1) is 19.5. The van der Waals surface area contributed by atoms with E-state index < -0.39 is 0 Å². The van der Waals surface area contributed by atoms with Crippen LogP contribution in [0.2, 0.25) is 0 Å². The van der Waals surface area contributed by atoms with Crippen LogP contribution in [0, 0.1) is 0 Å². The second kappa shape index (κ2) is 8.95. The fraction of sp³-hybridized carbons (Fsp3) is 0.500. The first-order valence-corrected chi connectivity index (χ1v) is 7.42. The van der Waals surface area contributed by atoms with Crippen molar-refractivity contribution in [2.24, 2.45) is 10.7 Å². The van der Waals surface area contributed by atoms with Gasteiger partial charge in [0.25, 0.3) is 5.91 Å². The van der Waals surface area contributed by atoms with Crippen molar-refractivity contribution in [2.45, 2.75) is 25.4 Å². The van der Waals surface area contributed by atoms with Gasteiger partial charge in [0.15, 0.2) is 12.6 Å². The highest BCUT2D eigenvalue weighted by Gasteiger charge is 2.27. The van der Waals surface area contributed by atoms with Crippen molar-refractivity contribution >= 4 is 35.8 Å². The highest BCUT2D eigenvalue weighted by atomic mass is 127. The lowest BCUT2D eigenvalue weighted by molar-refractivity contribution is -0.130. The van der Waals surface area contributed by atoms with Gasteiger partial charge < -0.3 is 20.3 Å². The molecule has 6 nitrogen and oxygen atoms in total. The van der Waals surface area contributed by atoms with Crippen LogP contribution >= 0.6 is 24.0 Å². The molecule has 1 aliphatic rings. The molecule has 2 rings (SSSR count). The molecule has 1 fully saturated rings. The minimum absolute atomic E-state index is 0. The Morgan fingerprint density at radius 1 is 1.35 bits per heavy atom. The summed E-state index contributed by atoms with van der Waals surface area (Å²) in [6.07, 6.45) is 2.38. The summed E-state index contributed by atoms with van der Waals surface area (Å²) in [7, 11) is 5.38. The van der Waals surface area contributed by atoms with Gasteiger partial charge in [0.05, 0.1) is 6.54 Å². The number of carbonyl (C=O) groups is 1. The second-order valence-electron chi connectivity index (χ2n) is 5.74. The van der Waals surface area contributed by atoms with Crippen LogP contribution in [0.25, 0.3) is 0 Å². The minimum atomic E-state index is -0.0706. The molecule has 0 atom stereocenters. The predicted octanol–water partition coefficient (Wildman–Crippen LogP) is 1.68. The zero-order chi connectivity index (χ0) is 16.1. The smallest absolute Gasteiger partial charge is 0.259 e. The van der Waals surface area contributed by atoms with E-state index in [1.165, 1.54) is 17.7 Å². The zero-order valence-electron chi connectivity index (χ0n) is 13.9. The van der Waals surface area contributed by atoms with Crippen molar-refractivity contribution in [3.63, 3.8) is 0 Å². The van der Waals surface area contributed by atoms with E-state index in [2.05, 4.69) is 4.99 Å². The van der Waals surface area contributed by atoms with Gasteiger partial charge in [0.2, 0.25) is 0 Å². The van der Waals surface area contributed by atoms with Gasteiger partial charge in [-0.25, -0.2) is 4.99 Å². The number of hydrogen-bond acceptors (Lipinski definition) is 3. The summed E-state index contributed by atoms with van der Waals surface area (Å²) in [4.78, 5) is 19.5. The van der Waals surface area contributed by atoms with E-state index in [1.807, 2.05) is 36.2 Å². The van der Waals surface area contributed by atoms with Crippen molar-refractivity contribution in [1.29, 1.82) is 0 Å². The maximum absolute atomic E-state index is 11.5. The number of halogens is 1. The van der Waals surface area contributed by atoms with Gasteiger partial charge in [-0.1, -0.05) is 12.1 Å². The number of amides is 1. The van der Waals surface area contributed by atoms with E-state index in [1.54, 1.807) is 14.1 Å². The molecular weight excluding hydrogens is 407 g/mol. The molecule has 128 valence electrons. The lowest BCUT2D eigenvalue weighted by Crippen LogP contribution is -2.35. The van der Waals surface area contributed by atoms with E-state index in [9.17, 15) is 4.79 Å². The Balaban J connectivity index is 0.00000264. The Bertz CT molecular complexity index is 559. The van der Waals surface area contributed by atoms with Crippen molar-refractivity contribution in [2.75, 3.05) is 27.7 Å². The summed E-state index contributed by atoms with van der Waals surface area (Å²) in [5.74, 6) is 1.16. The van der Waals surface area contributed by atoms with E-state index >= 15 is 0 Å². The highest BCUT2D eigenvalue weighted by molar-refractivity contribution is 14.0. The molecule has 0 heterocycles.